The second kappa shape index (κ2) is 7.44. The van der Waals surface area contributed by atoms with Crippen LogP contribution in [-0.4, -0.2) is 33.4 Å². The fourth-order valence-corrected chi connectivity index (χ4v) is 4.31. The summed E-state index contributed by atoms with van der Waals surface area (Å²) in [5.41, 5.74) is 5.88. The number of piperidine rings is 1. The molecule has 6 nitrogen and oxygen atoms in total. The molecule has 1 amide bonds. The van der Waals surface area contributed by atoms with E-state index in [9.17, 15) is 4.79 Å². The van der Waals surface area contributed by atoms with Crippen LogP contribution in [0.4, 0.5) is 11.5 Å². The van der Waals surface area contributed by atoms with E-state index in [0.717, 1.165) is 58.7 Å². The first kappa shape index (κ1) is 18.6. The van der Waals surface area contributed by atoms with Crippen molar-refractivity contribution in [3.8, 4) is 0 Å². The van der Waals surface area contributed by atoms with Crippen molar-refractivity contribution >= 4 is 34.1 Å². The van der Waals surface area contributed by atoms with E-state index in [0.29, 0.717) is 6.54 Å². The molecule has 0 bridgehead atoms. The highest BCUT2D eigenvalue weighted by Crippen LogP contribution is 2.29. The van der Waals surface area contributed by atoms with Gasteiger partial charge in [0.25, 0.3) is 0 Å². The Hall–Kier alpha value is -3.41. The molecular formula is C24H25N5O. The average Bonchev–Trinajstić information content (AvgIpc) is 3.26. The van der Waals surface area contributed by atoms with E-state index in [-0.39, 0.29) is 11.8 Å². The molecule has 1 atom stereocenters. The van der Waals surface area contributed by atoms with Gasteiger partial charge in [0.15, 0.2) is 11.5 Å². The molecule has 0 spiro atoms. The van der Waals surface area contributed by atoms with Gasteiger partial charge < -0.3 is 14.6 Å². The standard InChI is InChI=1S/C24H25N5O/c1-16-9-10-17(2)19(14-16)26-24(30)18-6-4-12-28(15-18)23-21-8-5-13-29(21)20-7-3-11-25-22(20)27-23/h3,5,7-11,13-14,18H,4,6,12,15H2,1-2H3,(H,26,30)/t18-/m1/s1. The predicted molar refractivity (Wildman–Crippen MR) is 120 cm³/mol. The fraction of sp³-hybridized carbons (Fsp3) is 0.292. The van der Waals surface area contributed by atoms with Crippen LogP contribution in [0, 0.1) is 19.8 Å². The minimum atomic E-state index is -0.0742. The normalized spacial score (nSPS) is 16.9. The summed E-state index contributed by atoms with van der Waals surface area (Å²) < 4.78 is 2.13. The number of anilines is 2. The summed E-state index contributed by atoms with van der Waals surface area (Å²) in [7, 11) is 0. The molecule has 1 aliphatic heterocycles. The molecule has 1 aromatic carbocycles. The van der Waals surface area contributed by atoms with Gasteiger partial charge in [-0.2, -0.15) is 0 Å². The number of pyridine rings is 1. The lowest BCUT2D eigenvalue weighted by Crippen LogP contribution is -2.41. The van der Waals surface area contributed by atoms with Crippen molar-refractivity contribution < 1.29 is 4.79 Å². The Morgan fingerprint density at radius 3 is 2.90 bits per heavy atom. The van der Waals surface area contributed by atoms with E-state index in [1.54, 1.807) is 6.20 Å². The molecule has 3 aromatic heterocycles. The first-order chi connectivity index (χ1) is 14.6. The lowest BCUT2D eigenvalue weighted by atomic mass is 9.96. The van der Waals surface area contributed by atoms with Gasteiger partial charge in [-0.3, -0.25) is 4.79 Å². The van der Waals surface area contributed by atoms with E-state index in [2.05, 4.69) is 31.7 Å². The monoisotopic (exact) mass is 399 g/mol. The molecule has 1 saturated heterocycles. The van der Waals surface area contributed by atoms with Gasteiger partial charge in [0, 0.05) is 31.2 Å². The number of carbonyl (C=O) groups excluding carboxylic acids is 1. The van der Waals surface area contributed by atoms with Crippen molar-refractivity contribution in [3.63, 3.8) is 0 Å². The van der Waals surface area contributed by atoms with Crippen LogP contribution >= 0.6 is 0 Å². The molecule has 1 fully saturated rings. The first-order valence-electron chi connectivity index (χ1n) is 10.4. The van der Waals surface area contributed by atoms with Crippen LogP contribution in [-0.2, 0) is 4.79 Å². The summed E-state index contributed by atoms with van der Waals surface area (Å²) in [6, 6.07) is 14.2. The zero-order valence-electron chi connectivity index (χ0n) is 17.3. The number of hydrogen-bond acceptors (Lipinski definition) is 4. The molecule has 0 unspecified atom stereocenters. The number of aromatic nitrogens is 3. The zero-order valence-corrected chi connectivity index (χ0v) is 17.3. The minimum absolute atomic E-state index is 0.0742. The summed E-state index contributed by atoms with van der Waals surface area (Å²) in [6.45, 7) is 5.61. The summed E-state index contributed by atoms with van der Waals surface area (Å²) in [4.78, 5) is 24.6. The minimum Gasteiger partial charge on any atom is -0.354 e. The van der Waals surface area contributed by atoms with Crippen LogP contribution < -0.4 is 10.2 Å². The highest BCUT2D eigenvalue weighted by Gasteiger charge is 2.28. The van der Waals surface area contributed by atoms with Crippen molar-refractivity contribution in [2.24, 2.45) is 5.92 Å². The quantitative estimate of drug-likeness (QED) is 0.556. The number of nitrogens with zero attached hydrogens (tertiary/aromatic N) is 4. The van der Waals surface area contributed by atoms with Crippen LogP contribution in [0.15, 0.2) is 54.9 Å². The molecular weight excluding hydrogens is 374 g/mol. The van der Waals surface area contributed by atoms with Gasteiger partial charge in [-0.15, -0.1) is 0 Å². The summed E-state index contributed by atoms with van der Waals surface area (Å²) in [5.74, 6) is 0.907. The second-order valence-corrected chi connectivity index (χ2v) is 8.14. The highest BCUT2D eigenvalue weighted by atomic mass is 16.1. The largest absolute Gasteiger partial charge is 0.354 e. The smallest absolute Gasteiger partial charge is 0.229 e. The Morgan fingerprint density at radius 2 is 2.00 bits per heavy atom. The number of rotatable bonds is 3. The molecule has 1 aliphatic rings. The van der Waals surface area contributed by atoms with Crippen LogP contribution in [0.1, 0.15) is 24.0 Å². The first-order valence-corrected chi connectivity index (χ1v) is 10.4. The predicted octanol–water partition coefficient (Wildman–Crippen LogP) is 4.35. The molecule has 0 aliphatic carbocycles. The average molecular weight is 399 g/mol. The molecule has 4 aromatic rings. The van der Waals surface area contributed by atoms with Crippen LogP contribution in [0.25, 0.3) is 16.7 Å². The Balaban J connectivity index is 1.43. The molecule has 30 heavy (non-hydrogen) atoms. The summed E-state index contributed by atoms with van der Waals surface area (Å²) in [6.07, 6.45) is 5.65. The zero-order chi connectivity index (χ0) is 20.7. The Morgan fingerprint density at radius 1 is 1.13 bits per heavy atom. The SMILES string of the molecule is Cc1ccc(C)c(NC(=O)[C@@H]2CCCN(c3nc4ncccc4n4cccc34)C2)c1. The van der Waals surface area contributed by atoms with E-state index >= 15 is 0 Å². The van der Waals surface area contributed by atoms with E-state index in [1.807, 2.05) is 50.4 Å². The summed E-state index contributed by atoms with van der Waals surface area (Å²) >= 11 is 0. The molecule has 4 heterocycles. The molecule has 152 valence electrons. The molecule has 0 saturated carbocycles. The third-order valence-corrected chi connectivity index (χ3v) is 5.96. The van der Waals surface area contributed by atoms with Crippen LogP contribution in [0.2, 0.25) is 0 Å². The van der Waals surface area contributed by atoms with Crippen LogP contribution in [0.5, 0.6) is 0 Å². The summed E-state index contributed by atoms with van der Waals surface area (Å²) in [5, 5.41) is 3.15. The van der Waals surface area contributed by atoms with Gasteiger partial charge in [-0.25, -0.2) is 9.97 Å². The van der Waals surface area contributed by atoms with Gasteiger partial charge in [-0.05, 0) is 68.1 Å². The van der Waals surface area contributed by atoms with Crippen LogP contribution in [0.3, 0.4) is 0 Å². The van der Waals surface area contributed by atoms with Gasteiger partial charge >= 0.3 is 0 Å². The lowest BCUT2D eigenvalue weighted by molar-refractivity contribution is -0.120. The maximum absolute atomic E-state index is 13.1. The number of fused-ring (bicyclic) bond motifs is 3. The molecule has 1 N–H and O–H groups in total. The number of carbonyl (C=O) groups is 1. The second-order valence-electron chi connectivity index (χ2n) is 8.14. The van der Waals surface area contributed by atoms with Crippen molar-refractivity contribution in [1.29, 1.82) is 0 Å². The van der Waals surface area contributed by atoms with Gasteiger partial charge in [0.05, 0.1) is 17.0 Å². The number of nitrogens with one attached hydrogen (secondary N) is 1. The van der Waals surface area contributed by atoms with E-state index < -0.39 is 0 Å². The van der Waals surface area contributed by atoms with Gasteiger partial charge in [0.1, 0.15) is 0 Å². The molecule has 5 rings (SSSR count). The van der Waals surface area contributed by atoms with E-state index in [1.165, 1.54) is 0 Å². The van der Waals surface area contributed by atoms with Crippen molar-refractivity contribution in [2.75, 3.05) is 23.3 Å². The third-order valence-electron chi connectivity index (χ3n) is 5.96. The maximum atomic E-state index is 13.1. The van der Waals surface area contributed by atoms with Gasteiger partial charge in [0.2, 0.25) is 5.91 Å². The molecule has 6 heteroatoms. The highest BCUT2D eigenvalue weighted by molar-refractivity contribution is 5.94. The van der Waals surface area contributed by atoms with Crippen molar-refractivity contribution in [3.05, 3.63) is 66.0 Å². The van der Waals surface area contributed by atoms with Gasteiger partial charge in [-0.1, -0.05) is 12.1 Å². The lowest BCUT2D eigenvalue weighted by Gasteiger charge is -2.33. The number of aryl methyl sites for hydroxylation is 2. The Labute approximate surface area is 175 Å². The van der Waals surface area contributed by atoms with Crippen molar-refractivity contribution in [2.45, 2.75) is 26.7 Å². The fourth-order valence-electron chi connectivity index (χ4n) is 4.31. The number of benzene rings is 1. The number of hydrogen-bond donors (Lipinski definition) is 1. The molecule has 0 radical (unpaired) electrons. The number of amides is 1. The maximum Gasteiger partial charge on any atom is 0.229 e. The van der Waals surface area contributed by atoms with Crippen molar-refractivity contribution in [1.82, 2.24) is 14.4 Å². The topological polar surface area (TPSA) is 62.5 Å². The van der Waals surface area contributed by atoms with E-state index in [4.69, 9.17) is 4.98 Å². The third kappa shape index (κ3) is 3.28. The Kier molecular flexibility index (Phi) is 4.62. The Bertz CT molecular complexity index is 1250.